The number of rotatable bonds is 7. The van der Waals surface area contributed by atoms with E-state index in [1.54, 1.807) is 22.0 Å². The first-order valence-corrected chi connectivity index (χ1v) is 13.6. The summed E-state index contributed by atoms with van der Waals surface area (Å²) in [5.41, 5.74) is 8.10. The Morgan fingerprint density at radius 1 is 1.12 bits per heavy atom. The zero-order valence-corrected chi connectivity index (χ0v) is 20.5. The molecule has 0 saturated carbocycles. The van der Waals surface area contributed by atoms with Gasteiger partial charge in [0.15, 0.2) is 5.16 Å². The largest absolute Gasteiger partial charge is 0.365 e. The Balaban J connectivity index is 1.40. The van der Waals surface area contributed by atoms with Crippen LogP contribution in [0.25, 0.3) is 10.2 Å². The van der Waals surface area contributed by atoms with E-state index in [1.165, 1.54) is 28.0 Å². The fraction of sp³-hybridized carbons (Fsp3) is 0.391. The number of nitrogens with one attached hydrogen (secondary N) is 1. The summed E-state index contributed by atoms with van der Waals surface area (Å²) in [5, 5.41) is 4.61. The van der Waals surface area contributed by atoms with E-state index in [0.29, 0.717) is 22.3 Å². The number of hydrogen-bond acceptors (Lipinski definition) is 7. The smallest absolute Gasteiger partial charge is 0.263 e. The normalized spacial score (nSPS) is 14.8. The van der Waals surface area contributed by atoms with Gasteiger partial charge in [0.25, 0.3) is 11.5 Å². The summed E-state index contributed by atoms with van der Waals surface area (Å²) >= 11 is 4.25. The zero-order valence-electron chi connectivity index (χ0n) is 18.1. The van der Waals surface area contributed by atoms with Crippen LogP contribution < -0.4 is 16.6 Å². The predicted molar refractivity (Wildman–Crippen MR) is 135 cm³/mol. The Morgan fingerprint density at radius 2 is 1.85 bits per heavy atom. The van der Waals surface area contributed by atoms with Gasteiger partial charge in [-0.3, -0.25) is 19.0 Å². The van der Waals surface area contributed by atoms with Gasteiger partial charge in [-0.2, -0.15) is 0 Å². The molecule has 0 aromatic carbocycles. The first-order chi connectivity index (χ1) is 16.0. The van der Waals surface area contributed by atoms with Crippen molar-refractivity contribution in [3.8, 4) is 0 Å². The van der Waals surface area contributed by atoms with Gasteiger partial charge < -0.3 is 11.1 Å². The fourth-order valence-corrected chi connectivity index (χ4v) is 8.09. The van der Waals surface area contributed by atoms with Gasteiger partial charge in [0.05, 0.1) is 16.7 Å². The lowest BCUT2D eigenvalue weighted by Crippen LogP contribution is -2.24. The second-order valence-corrected chi connectivity index (χ2v) is 11.4. The quantitative estimate of drug-likeness (QED) is 0.291. The first-order valence-electron chi connectivity index (χ1n) is 11.0. The van der Waals surface area contributed by atoms with E-state index in [4.69, 9.17) is 10.7 Å². The molecule has 2 aliphatic rings. The van der Waals surface area contributed by atoms with Crippen LogP contribution in [-0.4, -0.2) is 27.1 Å². The molecule has 0 radical (unpaired) electrons. The number of thioether (sulfide) groups is 1. The van der Waals surface area contributed by atoms with Crippen LogP contribution >= 0.6 is 34.4 Å². The number of carbonyl (C=O) groups excluding carboxylic acids is 2. The molecule has 172 valence electrons. The van der Waals surface area contributed by atoms with E-state index in [-0.39, 0.29) is 17.2 Å². The molecule has 0 bridgehead atoms. The van der Waals surface area contributed by atoms with Gasteiger partial charge in [0, 0.05) is 16.3 Å². The highest BCUT2D eigenvalue weighted by molar-refractivity contribution is 7.99. The minimum absolute atomic E-state index is 0.0621. The van der Waals surface area contributed by atoms with Gasteiger partial charge in [-0.25, -0.2) is 4.98 Å². The molecule has 0 atom stereocenters. The van der Waals surface area contributed by atoms with Crippen molar-refractivity contribution in [3.63, 3.8) is 0 Å². The predicted octanol–water partition coefficient (Wildman–Crippen LogP) is 3.90. The first kappa shape index (κ1) is 22.4. The molecule has 33 heavy (non-hydrogen) atoms. The lowest BCUT2D eigenvalue weighted by atomic mass is 9.97. The molecule has 3 N–H and O–H groups in total. The molecule has 0 fully saturated rings. The Kier molecular flexibility index (Phi) is 6.15. The Labute approximate surface area is 203 Å². The standard InChI is InChI=1S/C23H24N4O3S3/c1-2-10-27-22(30)18-13-6-3-4-8-14(13)33-21(18)26-23(27)31-11-16(28)25-20-17(19(24)29)12-7-5-9-15(12)32-20/h2H,1,3-11H2,(H2,24,29)(H,25,28). The fourth-order valence-electron chi connectivity index (χ4n) is 4.67. The van der Waals surface area contributed by atoms with Crippen molar-refractivity contribution in [2.45, 2.75) is 56.6 Å². The number of aromatic nitrogens is 2. The SMILES string of the molecule is C=CCn1c(SCC(=O)Nc2sc3c(c2C(N)=O)CCC3)nc2sc3c(c2c1=O)CCCC3. The molecule has 3 heterocycles. The minimum Gasteiger partial charge on any atom is -0.365 e. The summed E-state index contributed by atoms with van der Waals surface area (Å²) in [6.07, 6.45) is 8.55. The second-order valence-electron chi connectivity index (χ2n) is 8.25. The van der Waals surface area contributed by atoms with Crippen LogP contribution in [0, 0.1) is 0 Å². The number of primary amides is 1. The van der Waals surface area contributed by atoms with Crippen LogP contribution in [-0.2, 0) is 37.0 Å². The number of nitrogens with zero attached hydrogens (tertiary/aromatic N) is 2. The van der Waals surface area contributed by atoms with Crippen molar-refractivity contribution < 1.29 is 9.59 Å². The number of carbonyl (C=O) groups is 2. The highest BCUT2D eigenvalue weighted by atomic mass is 32.2. The topological polar surface area (TPSA) is 107 Å². The number of amides is 2. The summed E-state index contributed by atoms with van der Waals surface area (Å²) in [7, 11) is 0. The number of allylic oxidation sites excluding steroid dienone is 1. The number of fused-ring (bicyclic) bond motifs is 4. The average Bonchev–Trinajstić information content (AvgIpc) is 3.46. The summed E-state index contributed by atoms with van der Waals surface area (Å²) in [6.45, 7) is 4.11. The molecule has 0 aliphatic heterocycles. The maximum atomic E-state index is 13.3. The number of aryl methyl sites for hydroxylation is 3. The molecule has 0 spiro atoms. The van der Waals surface area contributed by atoms with Crippen LogP contribution in [0.5, 0.6) is 0 Å². The summed E-state index contributed by atoms with van der Waals surface area (Å²) in [4.78, 5) is 46.0. The van der Waals surface area contributed by atoms with Gasteiger partial charge in [0.1, 0.15) is 9.83 Å². The van der Waals surface area contributed by atoms with Crippen molar-refractivity contribution in [2.75, 3.05) is 11.1 Å². The summed E-state index contributed by atoms with van der Waals surface area (Å²) < 4.78 is 1.60. The lowest BCUT2D eigenvalue weighted by Gasteiger charge is -2.12. The Hall–Kier alpha value is -2.43. The molecular formula is C23H24N4O3S3. The van der Waals surface area contributed by atoms with E-state index < -0.39 is 5.91 Å². The molecule has 7 nitrogen and oxygen atoms in total. The van der Waals surface area contributed by atoms with Gasteiger partial charge in [-0.05, 0) is 56.1 Å². The number of anilines is 1. The second kappa shape index (κ2) is 9.08. The third kappa shape index (κ3) is 4.04. The molecule has 0 unspecified atom stereocenters. The summed E-state index contributed by atoms with van der Waals surface area (Å²) in [5.74, 6) is -0.695. The number of nitrogens with two attached hydrogens (primary N) is 1. The molecule has 2 aliphatic carbocycles. The van der Waals surface area contributed by atoms with E-state index >= 15 is 0 Å². The van der Waals surface area contributed by atoms with Gasteiger partial charge in [-0.1, -0.05) is 17.8 Å². The summed E-state index contributed by atoms with van der Waals surface area (Å²) in [6, 6.07) is 0. The molecule has 2 amide bonds. The van der Waals surface area contributed by atoms with Crippen LogP contribution in [0.15, 0.2) is 22.6 Å². The van der Waals surface area contributed by atoms with E-state index in [2.05, 4.69) is 11.9 Å². The van der Waals surface area contributed by atoms with Crippen molar-refractivity contribution in [2.24, 2.45) is 5.73 Å². The van der Waals surface area contributed by atoms with E-state index in [9.17, 15) is 14.4 Å². The molecule has 5 rings (SSSR count). The third-order valence-electron chi connectivity index (χ3n) is 6.10. The van der Waals surface area contributed by atoms with Crippen LogP contribution in [0.4, 0.5) is 5.00 Å². The molecular weight excluding hydrogens is 476 g/mol. The third-order valence-corrected chi connectivity index (χ3v) is 9.47. The molecule has 3 aromatic heterocycles. The molecule has 10 heteroatoms. The lowest BCUT2D eigenvalue weighted by molar-refractivity contribution is -0.113. The maximum Gasteiger partial charge on any atom is 0.263 e. The van der Waals surface area contributed by atoms with Crippen molar-refractivity contribution in [1.82, 2.24) is 9.55 Å². The van der Waals surface area contributed by atoms with E-state index in [1.807, 2.05) is 0 Å². The molecule has 3 aromatic rings. The zero-order chi connectivity index (χ0) is 23.1. The Morgan fingerprint density at radius 3 is 2.64 bits per heavy atom. The minimum atomic E-state index is -0.508. The van der Waals surface area contributed by atoms with Crippen molar-refractivity contribution in [3.05, 3.63) is 49.5 Å². The van der Waals surface area contributed by atoms with Gasteiger partial charge >= 0.3 is 0 Å². The highest BCUT2D eigenvalue weighted by Crippen LogP contribution is 2.39. The van der Waals surface area contributed by atoms with Crippen molar-refractivity contribution in [1.29, 1.82) is 0 Å². The number of thiophene rings is 2. The monoisotopic (exact) mass is 500 g/mol. The maximum absolute atomic E-state index is 13.3. The Bertz CT molecular complexity index is 1350. The van der Waals surface area contributed by atoms with Crippen LogP contribution in [0.3, 0.4) is 0 Å². The highest BCUT2D eigenvalue weighted by Gasteiger charge is 2.26. The van der Waals surface area contributed by atoms with Gasteiger partial charge in [0.2, 0.25) is 5.91 Å². The van der Waals surface area contributed by atoms with E-state index in [0.717, 1.165) is 71.2 Å². The number of hydrogen-bond donors (Lipinski definition) is 2. The van der Waals surface area contributed by atoms with Crippen molar-refractivity contribution >= 4 is 61.5 Å². The van der Waals surface area contributed by atoms with Gasteiger partial charge in [-0.15, -0.1) is 29.3 Å². The average molecular weight is 501 g/mol. The van der Waals surface area contributed by atoms with Crippen LogP contribution in [0.1, 0.15) is 50.5 Å². The molecule has 0 saturated heterocycles. The van der Waals surface area contributed by atoms with Crippen LogP contribution in [0.2, 0.25) is 0 Å².